The summed E-state index contributed by atoms with van der Waals surface area (Å²) in [6, 6.07) is 7.93. The summed E-state index contributed by atoms with van der Waals surface area (Å²) in [5.74, 6) is 0.764. The minimum atomic E-state index is -0.219. The molecule has 0 spiro atoms. The molecule has 0 aromatic heterocycles. The Hall–Kier alpha value is -1.59. The van der Waals surface area contributed by atoms with Crippen molar-refractivity contribution in [2.75, 3.05) is 27.1 Å². The van der Waals surface area contributed by atoms with Gasteiger partial charge in [-0.3, -0.25) is 4.79 Å². The number of benzene rings is 1. The molecule has 5 heteroatoms. The van der Waals surface area contributed by atoms with Gasteiger partial charge in [0.05, 0.1) is 13.2 Å². The maximum Gasteiger partial charge on any atom is 0.302 e. The molecule has 128 valence electrons. The van der Waals surface area contributed by atoms with E-state index in [2.05, 4.69) is 6.07 Å². The molecular weight excluding hydrogens is 296 g/mol. The predicted molar refractivity (Wildman–Crippen MR) is 86.5 cm³/mol. The quantitative estimate of drug-likeness (QED) is 0.418. The third-order valence-corrected chi connectivity index (χ3v) is 4.07. The Bertz CT molecular complexity index is 488. The molecule has 0 heterocycles. The molecule has 0 radical (unpaired) electrons. The summed E-state index contributed by atoms with van der Waals surface area (Å²) in [7, 11) is 1.64. The zero-order valence-corrected chi connectivity index (χ0v) is 14.0. The number of ether oxygens (including phenoxy) is 4. The molecule has 2 rings (SSSR count). The number of hydrogen-bond donors (Lipinski definition) is 0. The number of carbonyl (C=O) groups excluding carboxylic acids is 1. The minimum Gasteiger partial charge on any atom is -0.467 e. The number of methoxy groups -OCH3 is 1. The standard InChI is InChI=1S/C18H26O5/c1-14(19)23-18-10-6-4-8-16(18)15-7-3-5-9-17(15)22-13-21-12-11-20-2/h3,5,7,9,16,18H,4,6,8,10-13H2,1-2H3/t16-,18+/m1/s1. The summed E-state index contributed by atoms with van der Waals surface area (Å²) in [6.07, 6.45) is 4.07. The van der Waals surface area contributed by atoms with Crippen LogP contribution in [0.1, 0.15) is 44.1 Å². The number of carbonyl (C=O) groups is 1. The first kappa shape index (κ1) is 17.8. The second-order valence-corrected chi connectivity index (χ2v) is 5.74. The summed E-state index contributed by atoms with van der Waals surface area (Å²) >= 11 is 0. The van der Waals surface area contributed by atoms with E-state index < -0.39 is 0 Å². The van der Waals surface area contributed by atoms with Crippen LogP contribution in [0, 0.1) is 0 Å². The highest BCUT2D eigenvalue weighted by Crippen LogP contribution is 2.39. The lowest BCUT2D eigenvalue weighted by Gasteiger charge is -2.32. The molecule has 1 aromatic carbocycles. The number of para-hydroxylation sites is 1. The van der Waals surface area contributed by atoms with Gasteiger partial charge in [-0.25, -0.2) is 0 Å². The fourth-order valence-electron chi connectivity index (χ4n) is 3.03. The van der Waals surface area contributed by atoms with Crippen molar-refractivity contribution in [1.29, 1.82) is 0 Å². The molecule has 5 nitrogen and oxygen atoms in total. The molecule has 0 amide bonds. The topological polar surface area (TPSA) is 54.0 Å². The zero-order valence-electron chi connectivity index (χ0n) is 14.0. The van der Waals surface area contributed by atoms with E-state index in [1.807, 2.05) is 18.2 Å². The Morgan fingerprint density at radius 2 is 1.96 bits per heavy atom. The van der Waals surface area contributed by atoms with Gasteiger partial charge in [-0.1, -0.05) is 24.6 Å². The maximum absolute atomic E-state index is 11.4. The van der Waals surface area contributed by atoms with E-state index in [0.29, 0.717) is 13.2 Å². The average Bonchev–Trinajstić information content (AvgIpc) is 2.55. The van der Waals surface area contributed by atoms with Crippen molar-refractivity contribution in [2.24, 2.45) is 0 Å². The molecule has 1 saturated carbocycles. The van der Waals surface area contributed by atoms with Crippen LogP contribution < -0.4 is 4.74 Å². The maximum atomic E-state index is 11.4. The highest BCUT2D eigenvalue weighted by atomic mass is 16.7. The number of rotatable bonds is 8. The van der Waals surface area contributed by atoms with E-state index in [0.717, 1.165) is 37.0 Å². The van der Waals surface area contributed by atoms with Gasteiger partial charge in [0.2, 0.25) is 0 Å². The van der Waals surface area contributed by atoms with Gasteiger partial charge < -0.3 is 18.9 Å². The van der Waals surface area contributed by atoms with Gasteiger partial charge in [0.25, 0.3) is 0 Å². The molecule has 2 atom stereocenters. The molecule has 1 fully saturated rings. The lowest BCUT2D eigenvalue weighted by Crippen LogP contribution is -2.28. The second-order valence-electron chi connectivity index (χ2n) is 5.74. The lowest BCUT2D eigenvalue weighted by molar-refractivity contribution is -0.148. The van der Waals surface area contributed by atoms with Crippen LogP contribution in [0.4, 0.5) is 0 Å². The van der Waals surface area contributed by atoms with Gasteiger partial charge >= 0.3 is 5.97 Å². The van der Waals surface area contributed by atoms with Crippen LogP contribution in [0.3, 0.4) is 0 Å². The average molecular weight is 322 g/mol. The first-order valence-corrected chi connectivity index (χ1v) is 8.18. The van der Waals surface area contributed by atoms with Crippen molar-refractivity contribution >= 4 is 5.97 Å². The monoisotopic (exact) mass is 322 g/mol. The molecular formula is C18H26O5. The molecule has 0 N–H and O–H groups in total. The van der Waals surface area contributed by atoms with Crippen LogP contribution in [0.25, 0.3) is 0 Å². The van der Waals surface area contributed by atoms with Crippen molar-refractivity contribution < 1.29 is 23.7 Å². The predicted octanol–water partition coefficient (Wildman–Crippen LogP) is 3.28. The van der Waals surface area contributed by atoms with Crippen LogP contribution in [0.5, 0.6) is 5.75 Å². The van der Waals surface area contributed by atoms with Gasteiger partial charge in [-0.2, -0.15) is 0 Å². The number of esters is 1. The van der Waals surface area contributed by atoms with Gasteiger partial charge in [-0.05, 0) is 25.3 Å². The molecule has 0 aliphatic heterocycles. The van der Waals surface area contributed by atoms with E-state index in [1.165, 1.54) is 6.92 Å². The first-order chi connectivity index (χ1) is 11.2. The van der Waals surface area contributed by atoms with Crippen LogP contribution >= 0.6 is 0 Å². The number of hydrogen-bond acceptors (Lipinski definition) is 5. The van der Waals surface area contributed by atoms with Crippen molar-refractivity contribution in [3.8, 4) is 5.75 Å². The third kappa shape index (κ3) is 5.52. The Morgan fingerprint density at radius 1 is 1.17 bits per heavy atom. The van der Waals surface area contributed by atoms with E-state index in [4.69, 9.17) is 18.9 Å². The van der Waals surface area contributed by atoms with Gasteiger partial charge in [-0.15, -0.1) is 0 Å². The first-order valence-electron chi connectivity index (χ1n) is 8.18. The summed E-state index contributed by atoms with van der Waals surface area (Å²) in [5, 5.41) is 0. The summed E-state index contributed by atoms with van der Waals surface area (Å²) in [5.41, 5.74) is 1.09. The van der Waals surface area contributed by atoms with Crippen molar-refractivity contribution in [3.05, 3.63) is 29.8 Å². The van der Waals surface area contributed by atoms with Gasteiger partial charge in [0.15, 0.2) is 6.79 Å². The summed E-state index contributed by atoms with van der Waals surface area (Å²) in [4.78, 5) is 11.4. The van der Waals surface area contributed by atoms with Gasteiger partial charge in [0.1, 0.15) is 11.9 Å². The Balaban J connectivity index is 2.03. The van der Waals surface area contributed by atoms with E-state index in [-0.39, 0.29) is 24.8 Å². The highest BCUT2D eigenvalue weighted by Gasteiger charge is 2.30. The Morgan fingerprint density at radius 3 is 2.74 bits per heavy atom. The van der Waals surface area contributed by atoms with Crippen LogP contribution in [0.2, 0.25) is 0 Å². The van der Waals surface area contributed by atoms with Crippen LogP contribution in [-0.4, -0.2) is 39.2 Å². The van der Waals surface area contributed by atoms with Crippen molar-refractivity contribution in [3.63, 3.8) is 0 Å². The largest absolute Gasteiger partial charge is 0.467 e. The minimum absolute atomic E-state index is 0.0691. The fraction of sp³-hybridized carbons (Fsp3) is 0.611. The smallest absolute Gasteiger partial charge is 0.302 e. The zero-order chi connectivity index (χ0) is 16.5. The van der Waals surface area contributed by atoms with E-state index >= 15 is 0 Å². The van der Waals surface area contributed by atoms with E-state index in [1.54, 1.807) is 7.11 Å². The summed E-state index contributed by atoms with van der Waals surface area (Å²) in [6.45, 7) is 2.70. The van der Waals surface area contributed by atoms with Gasteiger partial charge in [0, 0.05) is 25.5 Å². The van der Waals surface area contributed by atoms with Crippen molar-refractivity contribution in [2.45, 2.75) is 44.6 Å². The van der Waals surface area contributed by atoms with E-state index in [9.17, 15) is 4.79 Å². The highest BCUT2D eigenvalue weighted by molar-refractivity contribution is 5.66. The third-order valence-electron chi connectivity index (χ3n) is 4.07. The molecule has 0 saturated heterocycles. The molecule has 1 aromatic rings. The molecule has 1 aliphatic rings. The molecule has 0 bridgehead atoms. The fourth-order valence-corrected chi connectivity index (χ4v) is 3.03. The Labute approximate surface area is 137 Å². The summed E-state index contributed by atoms with van der Waals surface area (Å²) < 4.78 is 21.6. The molecule has 1 aliphatic carbocycles. The molecule has 0 unspecified atom stereocenters. The Kier molecular flexibility index (Phi) is 7.36. The van der Waals surface area contributed by atoms with Crippen LogP contribution in [0.15, 0.2) is 24.3 Å². The molecule has 23 heavy (non-hydrogen) atoms. The lowest BCUT2D eigenvalue weighted by atomic mass is 9.81. The second kappa shape index (κ2) is 9.53. The normalized spacial score (nSPS) is 21.0. The van der Waals surface area contributed by atoms with Crippen LogP contribution in [-0.2, 0) is 19.0 Å². The SMILES string of the molecule is COCCOCOc1ccccc1[C@H]1CCCC[C@@H]1OC(C)=O. The van der Waals surface area contributed by atoms with Crippen molar-refractivity contribution in [1.82, 2.24) is 0 Å².